The molecule has 0 fully saturated rings. The molecule has 0 aromatic carbocycles. The molecular weight excluding hydrogens is 647 g/mol. The average Bonchev–Trinajstić information content (AvgIpc) is 3.04. The third kappa shape index (κ3) is 27.9. The summed E-state index contributed by atoms with van der Waals surface area (Å²) in [5, 5.41) is 8.79. The summed E-state index contributed by atoms with van der Waals surface area (Å²) >= 11 is 4.26. The fraction of sp³-hybridized carbons (Fsp3) is 0.902. The van der Waals surface area contributed by atoms with Crippen LogP contribution in [0, 0.1) is 17.8 Å². The van der Waals surface area contributed by atoms with Gasteiger partial charge in [-0.2, -0.15) is 12.6 Å². The lowest BCUT2D eigenvalue weighted by Gasteiger charge is -2.27. The molecule has 3 amide bonds. The second-order valence-corrected chi connectivity index (χ2v) is 16.2. The third-order valence-corrected chi connectivity index (χ3v) is 9.38. The molecule has 0 aliphatic carbocycles. The SMILES string of the molecule is CCCCCCCCCCCCOC(=O)[C@H](CC(C)C)NC(=O)[C@H](CC(C)C)NC(=O)[C@H](CC(C)C)NC(=O)CCCCCCCCCCS. The van der Waals surface area contributed by atoms with Crippen molar-refractivity contribution >= 4 is 36.3 Å². The summed E-state index contributed by atoms with van der Waals surface area (Å²) in [6, 6.07) is -2.34. The summed E-state index contributed by atoms with van der Waals surface area (Å²) < 4.78 is 5.63. The number of ether oxygens (including phenoxy) is 1. The van der Waals surface area contributed by atoms with Crippen LogP contribution in [-0.2, 0) is 23.9 Å². The first-order valence-electron chi connectivity index (χ1n) is 20.6. The van der Waals surface area contributed by atoms with Crippen LogP contribution < -0.4 is 16.0 Å². The molecule has 0 saturated carbocycles. The van der Waals surface area contributed by atoms with E-state index in [0.29, 0.717) is 32.3 Å². The van der Waals surface area contributed by atoms with Crippen molar-refractivity contribution in [3.63, 3.8) is 0 Å². The smallest absolute Gasteiger partial charge is 0.328 e. The van der Waals surface area contributed by atoms with Gasteiger partial charge in [0, 0.05) is 6.42 Å². The molecule has 0 saturated heterocycles. The van der Waals surface area contributed by atoms with Crippen LogP contribution in [0.1, 0.15) is 190 Å². The first-order valence-corrected chi connectivity index (χ1v) is 21.2. The van der Waals surface area contributed by atoms with E-state index < -0.39 is 30.0 Å². The van der Waals surface area contributed by atoms with E-state index in [4.69, 9.17) is 4.74 Å². The number of nitrogens with one attached hydrogen (secondary N) is 3. The standard InChI is InChI=1S/C41H79N3O5S/c1-8-9-10-11-12-13-15-18-21-24-27-49-41(48)37(31-34(6)7)44-40(47)36(30-33(4)5)43-39(46)35(29-32(2)3)42-38(45)26-23-20-17-14-16-19-22-25-28-50/h32-37,50H,8-31H2,1-7H3,(H,42,45)(H,43,46)(H,44,47)/t35-,36-,37-/m0/s1. The van der Waals surface area contributed by atoms with Crippen molar-refractivity contribution in [3.8, 4) is 0 Å². The van der Waals surface area contributed by atoms with Crippen LogP contribution in [0.4, 0.5) is 0 Å². The Morgan fingerprint density at radius 3 is 1.34 bits per heavy atom. The molecule has 0 radical (unpaired) electrons. The number of rotatable bonds is 33. The maximum atomic E-state index is 13.6. The summed E-state index contributed by atoms with van der Waals surface area (Å²) in [6.07, 6.45) is 22.7. The Labute approximate surface area is 313 Å². The average molecular weight is 726 g/mol. The van der Waals surface area contributed by atoms with Crippen molar-refractivity contribution < 1.29 is 23.9 Å². The van der Waals surface area contributed by atoms with Crippen molar-refractivity contribution in [1.82, 2.24) is 16.0 Å². The summed E-state index contributed by atoms with van der Waals surface area (Å²) in [4.78, 5) is 53.1. The van der Waals surface area contributed by atoms with Gasteiger partial charge in [0.15, 0.2) is 0 Å². The van der Waals surface area contributed by atoms with Gasteiger partial charge < -0.3 is 20.7 Å². The lowest BCUT2D eigenvalue weighted by atomic mass is 9.99. The van der Waals surface area contributed by atoms with Crippen molar-refractivity contribution in [2.45, 2.75) is 208 Å². The lowest BCUT2D eigenvalue weighted by molar-refractivity contribution is -0.148. The Balaban J connectivity index is 5.03. The van der Waals surface area contributed by atoms with Crippen molar-refractivity contribution in [3.05, 3.63) is 0 Å². The second kappa shape index (κ2) is 31.9. The minimum absolute atomic E-state index is 0.124. The molecule has 0 aromatic rings. The Morgan fingerprint density at radius 1 is 0.500 bits per heavy atom. The number of hydrogen-bond acceptors (Lipinski definition) is 6. The number of amides is 3. The van der Waals surface area contributed by atoms with Crippen LogP contribution in [0.2, 0.25) is 0 Å². The number of unbranched alkanes of at least 4 members (excludes halogenated alkanes) is 16. The van der Waals surface area contributed by atoms with Gasteiger partial charge in [-0.05, 0) is 62.0 Å². The molecule has 0 unspecified atom stereocenters. The van der Waals surface area contributed by atoms with Crippen LogP contribution in [0.25, 0.3) is 0 Å². The minimum atomic E-state index is -0.828. The molecule has 0 rings (SSSR count). The molecule has 0 spiro atoms. The Bertz CT molecular complexity index is 882. The maximum Gasteiger partial charge on any atom is 0.328 e. The summed E-state index contributed by atoms with van der Waals surface area (Å²) in [5.74, 6) is 0.0999. The zero-order chi connectivity index (χ0) is 37.6. The van der Waals surface area contributed by atoms with E-state index in [1.807, 2.05) is 41.5 Å². The van der Waals surface area contributed by atoms with Crippen LogP contribution in [0.15, 0.2) is 0 Å². The zero-order valence-corrected chi connectivity index (χ0v) is 34.3. The zero-order valence-electron chi connectivity index (χ0n) is 33.4. The number of esters is 1. The van der Waals surface area contributed by atoms with E-state index in [9.17, 15) is 19.2 Å². The Kier molecular flexibility index (Phi) is 30.8. The monoisotopic (exact) mass is 726 g/mol. The first kappa shape index (κ1) is 48.2. The molecule has 3 N–H and O–H groups in total. The highest BCUT2D eigenvalue weighted by Gasteiger charge is 2.31. The third-order valence-electron chi connectivity index (χ3n) is 9.06. The largest absolute Gasteiger partial charge is 0.464 e. The molecular formula is C41H79N3O5S. The van der Waals surface area contributed by atoms with Gasteiger partial charge in [0.25, 0.3) is 0 Å². The molecule has 294 valence electrons. The Hall–Kier alpha value is -1.77. The normalized spacial score (nSPS) is 13.3. The van der Waals surface area contributed by atoms with E-state index >= 15 is 0 Å². The van der Waals surface area contributed by atoms with Gasteiger partial charge in [-0.25, -0.2) is 4.79 Å². The van der Waals surface area contributed by atoms with Gasteiger partial charge in [0.1, 0.15) is 18.1 Å². The Morgan fingerprint density at radius 2 is 0.880 bits per heavy atom. The van der Waals surface area contributed by atoms with Gasteiger partial charge in [-0.15, -0.1) is 0 Å². The van der Waals surface area contributed by atoms with Gasteiger partial charge in [-0.3, -0.25) is 14.4 Å². The van der Waals surface area contributed by atoms with E-state index in [2.05, 4.69) is 35.5 Å². The highest BCUT2D eigenvalue weighted by Crippen LogP contribution is 2.14. The number of hydrogen-bond donors (Lipinski definition) is 4. The van der Waals surface area contributed by atoms with Gasteiger partial charge >= 0.3 is 5.97 Å². The fourth-order valence-electron chi connectivity index (χ4n) is 6.22. The van der Waals surface area contributed by atoms with E-state index in [0.717, 1.165) is 44.3 Å². The summed E-state index contributed by atoms with van der Waals surface area (Å²) in [7, 11) is 0. The lowest BCUT2D eigenvalue weighted by Crippen LogP contribution is -2.56. The fourth-order valence-corrected chi connectivity index (χ4v) is 6.45. The van der Waals surface area contributed by atoms with Gasteiger partial charge in [-0.1, -0.05) is 145 Å². The highest BCUT2D eigenvalue weighted by molar-refractivity contribution is 7.80. The van der Waals surface area contributed by atoms with E-state index in [1.165, 1.54) is 77.0 Å². The maximum absolute atomic E-state index is 13.6. The number of carbonyl (C=O) groups is 4. The topological polar surface area (TPSA) is 114 Å². The first-order chi connectivity index (χ1) is 23.9. The minimum Gasteiger partial charge on any atom is -0.464 e. The molecule has 50 heavy (non-hydrogen) atoms. The van der Waals surface area contributed by atoms with Crippen molar-refractivity contribution in [1.29, 1.82) is 0 Å². The molecule has 8 nitrogen and oxygen atoms in total. The van der Waals surface area contributed by atoms with Crippen LogP contribution >= 0.6 is 12.6 Å². The quantitative estimate of drug-likeness (QED) is 0.0306. The van der Waals surface area contributed by atoms with Crippen LogP contribution in [-0.4, -0.2) is 54.2 Å². The van der Waals surface area contributed by atoms with E-state index in [1.54, 1.807) is 0 Å². The molecule has 0 aliphatic rings. The number of carbonyl (C=O) groups excluding carboxylic acids is 4. The van der Waals surface area contributed by atoms with Crippen LogP contribution in [0.3, 0.4) is 0 Å². The molecule has 0 heterocycles. The molecule has 9 heteroatoms. The van der Waals surface area contributed by atoms with Crippen molar-refractivity contribution in [2.24, 2.45) is 17.8 Å². The molecule has 0 aromatic heterocycles. The highest BCUT2D eigenvalue weighted by atomic mass is 32.1. The predicted octanol–water partition coefficient (Wildman–Crippen LogP) is 9.48. The number of thiol groups is 1. The molecule has 0 bridgehead atoms. The van der Waals surface area contributed by atoms with Gasteiger partial charge in [0.05, 0.1) is 6.61 Å². The van der Waals surface area contributed by atoms with Crippen LogP contribution in [0.5, 0.6) is 0 Å². The summed E-state index contributed by atoms with van der Waals surface area (Å²) in [5.41, 5.74) is 0. The van der Waals surface area contributed by atoms with E-state index in [-0.39, 0.29) is 29.6 Å². The molecule has 3 atom stereocenters. The summed E-state index contributed by atoms with van der Waals surface area (Å²) in [6.45, 7) is 14.6. The predicted molar refractivity (Wildman–Crippen MR) is 212 cm³/mol. The molecule has 0 aliphatic heterocycles. The second-order valence-electron chi connectivity index (χ2n) is 15.8. The van der Waals surface area contributed by atoms with Gasteiger partial charge in [0.2, 0.25) is 17.7 Å². The van der Waals surface area contributed by atoms with Crippen molar-refractivity contribution in [2.75, 3.05) is 12.4 Å².